The number of benzene rings is 2. The molecule has 3 rings (SSSR count). The van der Waals surface area contributed by atoms with E-state index in [0.717, 1.165) is 28.9 Å². The fraction of sp³-hybridized carbons (Fsp3) is 0.391. The Kier molecular flexibility index (Phi) is 6.47. The molecule has 0 N–H and O–H groups in total. The van der Waals surface area contributed by atoms with E-state index >= 15 is 0 Å². The molecule has 0 saturated heterocycles. The molecule has 1 aliphatic rings. The molecule has 1 atom stereocenters. The molecule has 0 aromatic heterocycles. The van der Waals surface area contributed by atoms with Crippen molar-refractivity contribution in [2.75, 3.05) is 0 Å². The third-order valence-electron chi connectivity index (χ3n) is 5.75. The number of hydrogen-bond acceptors (Lipinski definition) is 4. The molecule has 28 heavy (non-hydrogen) atoms. The number of ether oxygens (including phenoxy) is 1. The van der Waals surface area contributed by atoms with Crippen molar-refractivity contribution in [1.29, 1.82) is 0 Å². The molecular weight excluding hydrogens is 368 g/mol. The molecule has 5 heteroatoms. The lowest BCUT2D eigenvalue weighted by Crippen LogP contribution is -2.39. The molecule has 0 radical (unpaired) electrons. The summed E-state index contributed by atoms with van der Waals surface area (Å²) < 4.78 is 11.9. The lowest BCUT2D eigenvalue weighted by Gasteiger charge is -2.30. The van der Waals surface area contributed by atoms with E-state index in [2.05, 4.69) is 20.8 Å². The molecule has 2 aromatic rings. The van der Waals surface area contributed by atoms with E-state index in [1.807, 2.05) is 42.5 Å². The first-order chi connectivity index (χ1) is 13.5. The lowest BCUT2D eigenvalue weighted by molar-refractivity contribution is -0.134. The summed E-state index contributed by atoms with van der Waals surface area (Å²) in [5, 5.41) is 2.10. The van der Waals surface area contributed by atoms with Gasteiger partial charge in [0.1, 0.15) is 5.75 Å². The predicted molar refractivity (Wildman–Crippen MR) is 114 cm³/mol. The molecular formula is C23H28O4Si. The summed E-state index contributed by atoms with van der Waals surface area (Å²) in [4.78, 5) is 24.7. The van der Waals surface area contributed by atoms with Crippen molar-refractivity contribution in [3.05, 3.63) is 54.1 Å². The highest BCUT2D eigenvalue weighted by Gasteiger charge is 2.35. The van der Waals surface area contributed by atoms with Crippen LogP contribution in [0.5, 0.6) is 5.75 Å². The minimum Gasteiger partial charge on any atom is -0.426 e. The van der Waals surface area contributed by atoms with Crippen LogP contribution < -0.4 is 4.74 Å². The van der Waals surface area contributed by atoms with Gasteiger partial charge in [-0.05, 0) is 47.1 Å². The number of rotatable bonds is 8. The number of fused-ring (bicyclic) bond motifs is 1. The maximum absolute atomic E-state index is 12.4. The van der Waals surface area contributed by atoms with Crippen LogP contribution in [0.25, 0.3) is 10.8 Å². The van der Waals surface area contributed by atoms with Gasteiger partial charge >= 0.3 is 5.97 Å². The zero-order valence-corrected chi connectivity index (χ0v) is 17.9. The van der Waals surface area contributed by atoms with Crippen molar-refractivity contribution >= 4 is 30.8 Å². The number of hydrogen-bond donors (Lipinski definition) is 0. The summed E-state index contributed by atoms with van der Waals surface area (Å²) in [5.41, 5.74) is 0.516. The number of Topliss-reactive ketones (excluding diaryl/α,β-unsaturated/α-hetero) is 1. The third kappa shape index (κ3) is 4.59. The average Bonchev–Trinajstić information content (AvgIpc) is 3.04. The molecule has 0 unspecified atom stereocenters. The summed E-state index contributed by atoms with van der Waals surface area (Å²) >= 11 is 0. The van der Waals surface area contributed by atoms with Gasteiger partial charge in [0.25, 0.3) is 0 Å². The summed E-state index contributed by atoms with van der Waals surface area (Å²) in [6.07, 6.45) is 1.98. The summed E-state index contributed by atoms with van der Waals surface area (Å²) in [6.45, 7) is 6.50. The second-order valence-corrected chi connectivity index (χ2v) is 12.1. The largest absolute Gasteiger partial charge is 0.426 e. The molecule has 148 valence electrons. The van der Waals surface area contributed by atoms with E-state index < -0.39 is 14.3 Å². The van der Waals surface area contributed by atoms with E-state index in [4.69, 9.17) is 9.16 Å². The molecule has 0 spiro atoms. The Hall–Kier alpha value is -2.24. The maximum Gasteiger partial charge on any atom is 0.315 e. The Bertz CT molecular complexity index is 890. The van der Waals surface area contributed by atoms with E-state index in [1.165, 1.54) is 0 Å². The highest BCUT2D eigenvalue weighted by Crippen LogP contribution is 2.29. The Morgan fingerprint density at radius 1 is 1.04 bits per heavy atom. The highest BCUT2D eigenvalue weighted by atomic mass is 28.4. The SMILES string of the molecule is CC[Si](CC)(CC)O[C@H]1C=C(CC(=O)Oc2ccc3ccccc3c2)C(=O)C1. The predicted octanol–water partition coefficient (Wildman–Crippen LogP) is 5.42. The van der Waals surface area contributed by atoms with E-state index in [9.17, 15) is 9.59 Å². The van der Waals surface area contributed by atoms with Gasteiger partial charge in [-0.2, -0.15) is 0 Å². The molecule has 0 aliphatic heterocycles. The van der Waals surface area contributed by atoms with Crippen LogP contribution in [0.4, 0.5) is 0 Å². The standard InChI is InChI=1S/C23H28O4Si/c1-4-28(5-2,6-3)27-21-14-19(22(24)16-21)15-23(25)26-20-12-11-17-9-7-8-10-18(17)13-20/h7-14,21H,4-6,15-16H2,1-3H3/t21-/m0/s1. The molecule has 0 bridgehead atoms. The first kappa shape index (κ1) is 20.5. The summed E-state index contributed by atoms with van der Waals surface area (Å²) in [7, 11) is -1.78. The molecule has 0 amide bonds. The van der Waals surface area contributed by atoms with E-state index in [1.54, 1.807) is 6.07 Å². The minimum absolute atomic E-state index is 0.00771. The van der Waals surface area contributed by atoms with Gasteiger partial charge in [0.15, 0.2) is 14.1 Å². The van der Waals surface area contributed by atoms with Crippen LogP contribution in [-0.4, -0.2) is 26.2 Å². The molecule has 1 aliphatic carbocycles. The van der Waals surface area contributed by atoms with Crippen LogP contribution in [0.1, 0.15) is 33.6 Å². The van der Waals surface area contributed by atoms with Gasteiger partial charge in [-0.25, -0.2) is 0 Å². The molecule has 2 aromatic carbocycles. The van der Waals surface area contributed by atoms with Crippen LogP contribution in [-0.2, 0) is 14.0 Å². The lowest BCUT2D eigenvalue weighted by atomic mass is 10.1. The van der Waals surface area contributed by atoms with E-state index in [0.29, 0.717) is 17.7 Å². The molecule has 0 heterocycles. The zero-order chi connectivity index (χ0) is 20.1. The van der Waals surface area contributed by atoms with Gasteiger partial charge < -0.3 is 9.16 Å². The normalized spacial score (nSPS) is 17.0. The Morgan fingerprint density at radius 2 is 1.71 bits per heavy atom. The van der Waals surface area contributed by atoms with Crippen molar-refractivity contribution in [3.8, 4) is 5.75 Å². The number of esters is 1. The number of carbonyl (C=O) groups excluding carboxylic acids is 2. The monoisotopic (exact) mass is 396 g/mol. The summed E-state index contributed by atoms with van der Waals surface area (Å²) in [6, 6.07) is 16.6. The molecule has 4 nitrogen and oxygen atoms in total. The van der Waals surface area contributed by atoms with Crippen LogP contribution in [0.15, 0.2) is 54.1 Å². The van der Waals surface area contributed by atoms with Crippen LogP contribution in [0.2, 0.25) is 18.1 Å². The maximum atomic E-state index is 12.4. The van der Waals surface area contributed by atoms with Gasteiger partial charge in [0.2, 0.25) is 0 Å². The topological polar surface area (TPSA) is 52.6 Å². The fourth-order valence-electron chi connectivity index (χ4n) is 3.80. The van der Waals surface area contributed by atoms with Crippen LogP contribution in [0, 0.1) is 0 Å². The summed E-state index contributed by atoms with van der Waals surface area (Å²) in [5.74, 6) is 0.0732. The third-order valence-corrected chi connectivity index (χ3v) is 10.4. The van der Waals surface area contributed by atoms with Gasteiger partial charge in [-0.1, -0.05) is 51.1 Å². The first-order valence-corrected chi connectivity index (χ1v) is 12.6. The smallest absolute Gasteiger partial charge is 0.315 e. The Labute approximate surface area is 167 Å². The van der Waals surface area contributed by atoms with Crippen molar-refractivity contribution in [2.24, 2.45) is 0 Å². The molecule has 0 fully saturated rings. The van der Waals surface area contributed by atoms with Crippen molar-refractivity contribution in [2.45, 2.75) is 57.8 Å². The van der Waals surface area contributed by atoms with Gasteiger partial charge in [0, 0.05) is 12.0 Å². The van der Waals surface area contributed by atoms with Crippen molar-refractivity contribution < 1.29 is 18.8 Å². The Balaban J connectivity index is 1.64. The van der Waals surface area contributed by atoms with Crippen LogP contribution in [0.3, 0.4) is 0 Å². The fourth-order valence-corrected chi connectivity index (χ4v) is 6.59. The van der Waals surface area contributed by atoms with Crippen LogP contribution >= 0.6 is 0 Å². The van der Waals surface area contributed by atoms with Gasteiger partial charge in [-0.3, -0.25) is 9.59 Å². The van der Waals surface area contributed by atoms with Gasteiger partial charge in [0.05, 0.1) is 12.5 Å². The average molecular weight is 397 g/mol. The van der Waals surface area contributed by atoms with E-state index in [-0.39, 0.29) is 18.3 Å². The highest BCUT2D eigenvalue weighted by molar-refractivity contribution is 6.73. The van der Waals surface area contributed by atoms with Crippen molar-refractivity contribution in [1.82, 2.24) is 0 Å². The zero-order valence-electron chi connectivity index (χ0n) is 16.9. The van der Waals surface area contributed by atoms with Crippen molar-refractivity contribution in [3.63, 3.8) is 0 Å². The molecule has 0 saturated carbocycles. The quantitative estimate of drug-likeness (QED) is 0.339. The van der Waals surface area contributed by atoms with Gasteiger partial charge in [-0.15, -0.1) is 0 Å². The number of carbonyl (C=O) groups is 2. The second kappa shape index (κ2) is 8.84. The number of ketones is 1. The second-order valence-electron chi connectivity index (χ2n) is 7.38. The first-order valence-electron chi connectivity index (χ1n) is 10.1. The Morgan fingerprint density at radius 3 is 2.39 bits per heavy atom. The minimum atomic E-state index is -1.78.